The van der Waals surface area contributed by atoms with Gasteiger partial charge in [0.1, 0.15) is 17.2 Å². The molecule has 0 aliphatic heterocycles. The van der Waals surface area contributed by atoms with Crippen LogP contribution in [0.4, 0.5) is 5.13 Å². The highest BCUT2D eigenvalue weighted by Crippen LogP contribution is 2.29. The number of amides is 1. The summed E-state index contributed by atoms with van der Waals surface area (Å²) >= 11 is 1.32. The molecule has 0 radical (unpaired) electrons. The molecule has 24 heavy (non-hydrogen) atoms. The summed E-state index contributed by atoms with van der Waals surface area (Å²) < 4.78 is 10.4. The van der Waals surface area contributed by atoms with E-state index in [2.05, 4.69) is 20.3 Å². The van der Waals surface area contributed by atoms with Gasteiger partial charge in [-0.1, -0.05) is 11.3 Å². The van der Waals surface area contributed by atoms with Gasteiger partial charge in [0.2, 0.25) is 0 Å². The van der Waals surface area contributed by atoms with Crippen molar-refractivity contribution in [1.29, 1.82) is 0 Å². The number of hydrogen-bond acceptors (Lipinski definition) is 7. The lowest BCUT2D eigenvalue weighted by molar-refractivity contribution is 0.102. The number of hydrogen-bond donors (Lipinski definition) is 1. The summed E-state index contributed by atoms with van der Waals surface area (Å²) in [5.41, 5.74) is 1.10. The first-order valence-electron chi connectivity index (χ1n) is 6.97. The zero-order chi connectivity index (χ0) is 16.9. The Morgan fingerprint density at radius 1 is 1.12 bits per heavy atom. The second-order valence-corrected chi connectivity index (χ2v) is 5.67. The summed E-state index contributed by atoms with van der Waals surface area (Å²) in [5, 5.41) is 3.23. The van der Waals surface area contributed by atoms with Crippen LogP contribution in [0.1, 0.15) is 10.4 Å². The van der Waals surface area contributed by atoms with E-state index in [-0.39, 0.29) is 5.91 Å². The van der Waals surface area contributed by atoms with Crippen LogP contribution in [-0.4, -0.2) is 35.1 Å². The molecule has 0 atom stereocenters. The molecule has 0 saturated heterocycles. The quantitative estimate of drug-likeness (QED) is 0.767. The highest BCUT2D eigenvalue weighted by atomic mass is 32.1. The molecule has 0 aliphatic carbocycles. The number of benzene rings is 1. The van der Waals surface area contributed by atoms with Crippen LogP contribution in [0, 0.1) is 0 Å². The van der Waals surface area contributed by atoms with Gasteiger partial charge in [-0.3, -0.25) is 20.1 Å². The predicted octanol–water partition coefficient (Wildman–Crippen LogP) is 2.87. The molecule has 0 aliphatic rings. The second kappa shape index (κ2) is 7.05. The summed E-state index contributed by atoms with van der Waals surface area (Å²) in [6.45, 7) is 0. The van der Waals surface area contributed by atoms with Crippen LogP contribution in [0.3, 0.4) is 0 Å². The molecule has 8 heteroatoms. The largest absolute Gasteiger partial charge is 0.497 e. The number of carbonyl (C=O) groups is 1. The van der Waals surface area contributed by atoms with Gasteiger partial charge < -0.3 is 9.47 Å². The van der Waals surface area contributed by atoms with Crippen molar-refractivity contribution in [2.24, 2.45) is 0 Å². The smallest absolute Gasteiger partial charge is 0.261 e. The lowest BCUT2D eigenvalue weighted by Gasteiger charge is -2.09. The summed E-state index contributed by atoms with van der Waals surface area (Å²) in [6.07, 6.45) is 6.50. The van der Waals surface area contributed by atoms with Crippen LogP contribution in [-0.2, 0) is 0 Å². The molecule has 2 aromatic heterocycles. The van der Waals surface area contributed by atoms with Crippen molar-refractivity contribution in [3.05, 3.63) is 48.5 Å². The molecule has 0 saturated carbocycles. The molecule has 1 aromatic carbocycles. The van der Waals surface area contributed by atoms with Crippen molar-refractivity contribution >= 4 is 22.4 Å². The molecule has 3 aromatic rings. The van der Waals surface area contributed by atoms with Crippen molar-refractivity contribution in [2.45, 2.75) is 0 Å². The maximum Gasteiger partial charge on any atom is 0.261 e. The Morgan fingerprint density at radius 3 is 2.71 bits per heavy atom. The Balaban J connectivity index is 1.79. The van der Waals surface area contributed by atoms with Gasteiger partial charge in [0, 0.05) is 24.7 Å². The van der Waals surface area contributed by atoms with Gasteiger partial charge in [-0.15, -0.1) is 0 Å². The summed E-state index contributed by atoms with van der Waals surface area (Å²) in [6, 6.07) is 5.00. The molecule has 2 heterocycles. The monoisotopic (exact) mass is 342 g/mol. The minimum atomic E-state index is -0.311. The number of thiazole rings is 1. The number of aromatic nitrogens is 3. The lowest BCUT2D eigenvalue weighted by Crippen LogP contribution is -2.13. The van der Waals surface area contributed by atoms with Crippen LogP contribution in [0.25, 0.3) is 10.6 Å². The maximum absolute atomic E-state index is 12.4. The zero-order valence-corrected chi connectivity index (χ0v) is 13.8. The molecule has 122 valence electrons. The SMILES string of the molecule is COc1ccc(C(=O)Nc2ncc(-c3cnccn3)s2)c(OC)c1. The molecule has 0 fully saturated rings. The van der Waals surface area contributed by atoms with Gasteiger partial charge in [-0.25, -0.2) is 4.98 Å². The van der Waals surface area contributed by atoms with Crippen molar-refractivity contribution in [1.82, 2.24) is 15.0 Å². The van der Waals surface area contributed by atoms with E-state index in [9.17, 15) is 4.79 Å². The Kier molecular flexibility index (Phi) is 4.66. The fraction of sp³-hybridized carbons (Fsp3) is 0.125. The summed E-state index contributed by atoms with van der Waals surface area (Å²) in [4.78, 5) is 25.7. The van der Waals surface area contributed by atoms with Crippen molar-refractivity contribution < 1.29 is 14.3 Å². The Labute approximate surface area is 142 Å². The third kappa shape index (κ3) is 3.33. The summed E-state index contributed by atoms with van der Waals surface area (Å²) in [5.74, 6) is 0.731. The van der Waals surface area contributed by atoms with E-state index in [0.29, 0.717) is 27.9 Å². The van der Waals surface area contributed by atoms with Crippen LogP contribution in [0.15, 0.2) is 43.0 Å². The van der Waals surface area contributed by atoms with Crippen LogP contribution in [0.2, 0.25) is 0 Å². The number of methoxy groups -OCH3 is 2. The molecule has 1 N–H and O–H groups in total. The van der Waals surface area contributed by atoms with Gasteiger partial charge in [0.15, 0.2) is 5.13 Å². The fourth-order valence-corrected chi connectivity index (χ4v) is 2.80. The van der Waals surface area contributed by atoms with Gasteiger partial charge in [-0.2, -0.15) is 0 Å². The average Bonchev–Trinajstić information content (AvgIpc) is 3.10. The molecule has 7 nitrogen and oxygen atoms in total. The molecule has 0 spiro atoms. The Morgan fingerprint density at radius 2 is 2.00 bits per heavy atom. The average molecular weight is 342 g/mol. The number of ether oxygens (including phenoxy) is 2. The minimum absolute atomic E-state index is 0.311. The van der Waals surface area contributed by atoms with E-state index in [1.165, 1.54) is 18.4 Å². The molecular weight excluding hydrogens is 328 g/mol. The van der Waals surface area contributed by atoms with E-state index in [0.717, 1.165) is 4.88 Å². The van der Waals surface area contributed by atoms with E-state index in [4.69, 9.17) is 9.47 Å². The first kappa shape index (κ1) is 15.9. The second-order valence-electron chi connectivity index (χ2n) is 4.64. The molecule has 1 amide bonds. The third-order valence-corrected chi connectivity index (χ3v) is 4.13. The standard InChI is InChI=1S/C16H14N4O3S/c1-22-10-3-4-11(13(7-10)23-2)15(21)20-16-19-9-14(24-16)12-8-17-5-6-18-12/h3-9H,1-2H3,(H,19,20,21). The molecular formula is C16H14N4O3S. The first-order chi connectivity index (χ1) is 11.7. The lowest BCUT2D eigenvalue weighted by atomic mass is 10.2. The van der Waals surface area contributed by atoms with Gasteiger partial charge >= 0.3 is 0 Å². The molecule has 3 rings (SSSR count). The third-order valence-electron chi connectivity index (χ3n) is 3.20. The zero-order valence-electron chi connectivity index (χ0n) is 13.0. The summed E-state index contributed by atoms with van der Waals surface area (Å²) in [7, 11) is 3.05. The highest BCUT2D eigenvalue weighted by molar-refractivity contribution is 7.19. The predicted molar refractivity (Wildman–Crippen MR) is 90.6 cm³/mol. The number of rotatable bonds is 5. The number of anilines is 1. The fourth-order valence-electron chi connectivity index (χ4n) is 2.03. The topological polar surface area (TPSA) is 86.2 Å². The number of nitrogens with one attached hydrogen (secondary N) is 1. The molecule has 0 bridgehead atoms. The molecule has 0 unspecified atom stereocenters. The van der Waals surface area contributed by atoms with Gasteiger partial charge in [0.25, 0.3) is 5.91 Å². The first-order valence-corrected chi connectivity index (χ1v) is 7.78. The number of nitrogens with zero attached hydrogens (tertiary/aromatic N) is 3. The van der Waals surface area contributed by atoms with E-state index in [1.807, 2.05) is 0 Å². The van der Waals surface area contributed by atoms with E-state index in [1.54, 1.807) is 50.1 Å². The highest BCUT2D eigenvalue weighted by Gasteiger charge is 2.15. The van der Waals surface area contributed by atoms with Crippen LogP contribution < -0.4 is 14.8 Å². The van der Waals surface area contributed by atoms with Gasteiger partial charge in [0.05, 0.1) is 30.9 Å². The Hall–Kier alpha value is -3.00. The Bertz CT molecular complexity index is 852. The normalized spacial score (nSPS) is 10.2. The van der Waals surface area contributed by atoms with Crippen LogP contribution >= 0.6 is 11.3 Å². The van der Waals surface area contributed by atoms with Crippen molar-refractivity contribution in [3.8, 4) is 22.1 Å². The van der Waals surface area contributed by atoms with E-state index >= 15 is 0 Å². The maximum atomic E-state index is 12.4. The van der Waals surface area contributed by atoms with Crippen molar-refractivity contribution in [2.75, 3.05) is 19.5 Å². The number of carbonyl (C=O) groups excluding carboxylic acids is 1. The minimum Gasteiger partial charge on any atom is -0.497 e. The van der Waals surface area contributed by atoms with Gasteiger partial charge in [-0.05, 0) is 12.1 Å². The van der Waals surface area contributed by atoms with Crippen molar-refractivity contribution in [3.63, 3.8) is 0 Å². The van der Waals surface area contributed by atoms with Crippen LogP contribution in [0.5, 0.6) is 11.5 Å². The van der Waals surface area contributed by atoms with E-state index < -0.39 is 0 Å².